The van der Waals surface area contributed by atoms with Gasteiger partial charge in [0, 0.05) is 23.9 Å². The van der Waals surface area contributed by atoms with Crippen LogP contribution in [0.25, 0.3) is 0 Å². The Morgan fingerprint density at radius 1 is 1.37 bits per heavy atom. The van der Waals surface area contributed by atoms with E-state index < -0.39 is 0 Å². The summed E-state index contributed by atoms with van der Waals surface area (Å²) in [4.78, 5) is 6.33. The Balaban J connectivity index is 2.09. The van der Waals surface area contributed by atoms with Crippen LogP contribution in [0, 0.1) is 0 Å². The molecule has 4 heteroatoms. The van der Waals surface area contributed by atoms with Gasteiger partial charge < -0.3 is 10.1 Å². The fourth-order valence-corrected chi connectivity index (χ4v) is 3.52. The second-order valence-corrected chi connectivity index (χ2v) is 6.28. The minimum absolute atomic E-state index is 0.187. The molecule has 3 nitrogen and oxygen atoms in total. The molecule has 1 aromatic rings. The Hall–Kier alpha value is -0.450. The maximum atomic E-state index is 5.80. The average Bonchev–Trinajstić information content (AvgIpc) is 3.18. The van der Waals surface area contributed by atoms with Crippen LogP contribution < -0.4 is 5.32 Å². The maximum Gasteiger partial charge on any atom is 0.122 e. The number of ether oxygens (including phenoxy) is 1. The lowest BCUT2D eigenvalue weighted by atomic mass is 10.2. The highest BCUT2D eigenvalue weighted by Gasteiger charge is 2.30. The largest absolute Gasteiger partial charge is 0.371 e. The van der Waals surface area contributed by atoms with E-state index in [1.165, 1.54) is 34.8 Å². The van der Waals surface area contributed by atoms with Gasteiger partial charge in [0.25, 0.3) is 0 Å². The van der Waals surface area contributed by atoms with Crippen molar-refractivity contribution in [3.8, 4) is 0 Å². The number of nitrogens with zero attached hydrogens (tertiary/aromatic N) is 1. The van der Waals surface area contributed by atoms with E-state index in [4.69, 9.17) is 9.72 Å². The quantitative estimate of drug-likeness (QED) is 0.695. The van der Waals surface area contributed by atoms with Crippen molar-refractivity contribution in [2.45, 2.75) is 65.0 Å². The van der Waals surface area contributed by atoms with Crippen LogP contribution in [0.5, 0.6) is 0 Å². The molecule has 0 aliphatic heterocycles. The lowest BCUT2D eigenvalue weighted by Crippen LogP contribution is -2.13. The molecule has 0 saturated heterocycles. The molecule has 2 rings (SSSR count). The van der Waals surface area contributed by atoms with Gasteiger partial charge in [-0.15, -0.1) is 11.3 Å². The monoisotopic (exact) mass is 282 g/mol. The van der Waals surface area contributed by atoms with Gasteiger partial charge in [-0.2, -0.15) is 0 Å². The van der Waals surface area contributed by atoms with Crippen molar-refractivity contribution < 1.29 is 4.74 Å². The van der Waals surface area contributed by atoms with E-state index >= 15 is 0 Å². The summed E-state index contributed by atoms with van der Waals surface area (Å²) in [7, 11) is 0. The van der Waals surface area contributed by atoms with Gasteiger partial charge in [0.15, 0.2) is 0 Å². The van der Waals surface area contributed by atoms with Crippen LogP contribution in [-0.4, -0.2) is 18.1 Å². The highest BCUT2D eigenvalue weighted by atomic mass is 32.1. The third kappa shape index (κ3) is 4.01. The number of aromatic nitrogens is 1. The van der Waals surface area contributed by atoms with Crippen LogP contribution >= 0.6 is 11.3 Å². The van der Waals surface area contributed by atoms with Crippen molar-refractivity contribution in [1.82, 2.24) is 10.3 Å². The number of hydrogen-bond donors (Lipinski definition) is 1. The lowest BCUT2D eigenvalue weighted by molar-refractivity contribution is 0.0595. The van der Waals surface area contributed by atoms with Crippen LogP contribution in [0.1, 0.15) is 74.1 Å². The molecule has 1 heterocycles. The fraction of sp³-hybridized carbons (Fsp3) is 0.800. The molecule has 1 aromatic heterocycles. The number of nitrogens with one attached hydrogen (secondary N) is 1. The summed E-state index contributed by atoms with van der Waals surface area (Å²) in [5.74, 6) is 0.725. The van der Waals surface area contributed by atoms with Gasteiger partial charge in [0.2, 0.25) is 0 Å². The van der Waals surface area contributed by atoms with E-state index in [0.29, 0.717) is 0 Å². The van der Waals surface area contributed by atoms with Crippen LogP contribution in [0.15, 0.2) is 0 Å². The number of thiazole rings is 1. The first-order chi connectivity index (χ1) is 9.30. The fourth-order valence-electron chi connectivity index (χ4n) is 2.27. The summed E-state index contributed by atoms with van der Waals surface area (Å²) in [5, 5.41) is 4.69. The zero-order valence-electron chi connectivity index (χ0n) is 12.4. The van der Waals surface area contributed by atoms with Crippen LogP contribution in [0.2, 0.25) is 0 Å². The van der Waals surface area contributed by atoms with E-state index in [9.17, 15) is 0 Å². The van der Waals surface area contributed by atoms with Gasteiger partial charge in [0.05, 0.1) is 5.69 Å². The van der Waals surface area contributed by atoms with Crippen molar-refractivity contribution in [3.05, 3.63) is 15.6 Å². The third-order valence-electron chi connectivity index (χ3n) is 3.43. The molecule has 1 aliphatic carbocycles. The van der Waals surface area contributed by atoms with Gasteiger partial charge in [-0.05, 0) is 39.2 Å². The summed E-state index contributed by atoms with van der Waals surface area (Å²) >= 11 is 1.85. The molecule has 0 aromatic carbocycles. The minimum Gasteiger partial charge on any atom is -0.371 e. The predicted octanol–water partition coefficient (Wildman–Crippen LogP) is 4.01. The molecule has 0 bridgehead atoms. The van der Waals surface area contributed by atoms with Crippen LogP contribution in [-0.2, 0) is 11.3 Å². The molecule has 1 fully saturated rings. The topological polar surface area (TPSA) is 34.1 Å². The molecular formula is C15H26N2OS. The first-order valence-corrected chi connectivity index (χ1v) is 8.43. The molecule has 1 unspecified atom stereocenters. The summed E-state index contributed by atoms with van der Waals surface area (Å²) < 4.78 is 5.80. The summed E-state index contributed by atoms with van der Waals surface area (Å²) in [5.41, 5.74) is 1.35. The second-order valence-electron chi connectivity index (χ2n) is 5.16. The molecule has 108 valence electrons. The highest BCUT2D eigenvalue weighted by Crippen LogP contribution is 2.43. The van der Waals surface area contributed by atoms with E-state index in [0.717, 1.165) is 32.0 Å². The molecular weight excluding hydrogens is 256 g/mol. The minimum atomic E-state index is 0.187. The van der Waals surface area contributed by atoms with E-state index in [-0.39, 0.29) is 6.10 Å². The highest BCUT2D eigenvalue weighted by molar-refractivity contribution is 7.11. The number of hydrogen-bond acceptors (Lipinski definition) is 4. The summed E-state index contributed by atoms with van der Waals surface area (Å²) in [6, 6.07) is 0. The van der Waals surface area contributed by atoms with E-state index in [1.807, 2.05) is 11.3 Å². The Morgan fingerprint density at radius 2 is 2.16 bits per heavy atom. The predicted molar refractivity (Wildman–Crippen MR) is 80.7 cm³/mol. The number of rotatable bonds is 9. The third-order valence-corrected chi connectivity index (χ3v) is 4.60. The zero-order chi connectivity index (χ0) is 13.7. The molecule has 1 atom stereocenters. The van der Waals surface area contributed by atoms with Crippen molar-refractivity contribution in [3.63, 3.8) is 0 Å². The molecule has 1 aliphatic rings. The van der Waals surface area contributed by atoms with Gasteiger partial charge in [0.1, 0.15) is 11.1 Å². The first-order valence-electron chi connectivity index (χ1n) is 7.61. The normalized spacial score (nSPS) is 16.8. The Morgan fingerprint density at radius 3 is 2.74 bits per heavy atom. The second kappa shape index (κ2) is 7.36. The molecule has 0 radical (unpaired) electrons. The lowest BCUT2D eigenvalue weighted by Gasteiger charge is -2.11. The molecule has 0 spiro atoms. The van der Waals surface area contributed by atoms with Crippen molar-refractivity contribution >= 4 is 11.3 Å². The Labute approximate surface area is 120 Å². The molecule has 1 N–H and O–H groups in total. The van der Waals surface area contributed by atoms with E-state index in [2.05, 4.69) is 26.1 Å². The van der Waals surface area contributed by atoms with Crippen LogP contribution in [0.3, 0.4) is 0 Å². The van der Waals surface area contributed by atoms with Crippen molar-refractivity contribution in [2.24, 2.45) is 0 Å². The first kappa shape index (κ1) is 14.9. The Kier molecular flexibility index (Phi) is 5.79. The SMILES string of the molecule is CCCNCc1sc(C(CC)OCC)nc1C1CC1. The zero-order valence-corrected chi connectivity index (χ0v) is 13.2. The smallest absolute Gasteiger partial charge is 0.122 e. The standard InChI is InChI=1S/C15H26N2OS/c1-4-9-16-10-13-14(11-7-8-11)17-15(19-13)12(5-2)18-6-3/h11-12,16H,4-10H2,1-3H3. The summed E-state index contributed by atoms with van der Waals surface area (Å²) in [6.45, 7) is 9.25. The van der Waals surface area contributed by atoms with Gasteiger partial charge >= 0.3 is 0 Å². The van der Waals surface area contributed by atoms with E-state index in [1.54, 1.807) is 0 Å². The van der Waals surface area contributed by atoms with Crippen molar-refractivity contribution in [1.29, 1.82) is 0 Å². The molecule has 1 saturated carbocycles. The maximum absolute atomic E-state index is 5.80. The Bertz CT molecular complexity index is 387. The average molecular weight is 282 g/mol. The van der Waals surface area contributed by atoms with Crippen molar-refractivity contribution in [2.75, 3.05) is 13.2 Å². The van der Waals surface area contributed by atoms with Gasteiger partial charge in [-0.1, -0.05) is 13.8 Å². The van der Waals surface area contributed by atoms with Gasteiger partial charge in [-0.3, -0.25) is 0 Å². The molecule has 0 amide bonds. The van der Waals surface area contributed by atoms with Gasteiger partial charge in [-0.25, -0.2) is 4.98 Å². The summed E-state index contributed by atoms with van der Waals surface area (Å²) in [6.07, 6.45) is 5.01. The molecule has 19 heavy (non-hydrogen) atoms. The van der Waals surface area contributed by atoms with Crippen LogP contribution in [0.4, 0.5) is 0 Å².